The minimum absolute atomic E-state index is 0.789. The van der Waals surface area contributed by atoms with Crippen LogP contribution in [0.15, 0.2) is 0 Å². The molecule has 0 aromatic carbocycles. The van der Waals surface area contributed by atoms with Crippen LogP contribution < -0.4 is 0 Å². The molecule has 1 nitrogen and oxygen atoms in total. The summed E-state index contributed by atoms with van der Waals surface area (Å²) in [6.07, 6.45) is 6.79. The second-order valence-electron chi connectivity index (χ2n) is 4.32. The Hall–Kier alpha value is 0.440. The molecule has 0 heterocycles. The van der Waals surface area contributed by atoms with Crippen molar-refractivity contribution in [3.8, 4) is 0 Å². The first-order valence-corrected chi connectivity index (χ1v) is 6.28. The van der Waals surface area contributed by atoms with E-state index < -0.39 is 0 Å². The van der Waals surface area contributed by atoms with Crippen LogP contribution in [0.3, 0.4) is 0 Å². The number of alkyl halides is 1. The summed E-state index contributed by atoms with van der Waals surface area (Å²) in [5.41, 5.74) is 0. The molecular weight excluding hydrogens is 228 g/mol. The summed E-state index contributed by atoms with van der Waals surface area (Å²) < 4.78 is 5.07. The van der Waals surface area contributed by atoms with Gasteiger partial charge in [-0.15, -0.1) is 0 Å². The maximum atomic E-state index is 5.07. The Morgan fingerprint density at radius 3 is 2.54 bits per heavy atom. The molecule has 0 amide bonds. The van der Waals surface area contributed by atoms with Gasteiger partial charge in [0.05, 0.1) is 0 Å². The van der Waals surface area contributed by atoms with Crippen LogP contribution in [0.25, 0.3) is 0 Å². The van der Waals surface area contributed by atoms with Gasteiger partial charge >= 0.3 is 0 Å². The van der Waals surface area contributed by atoms with Crippen molar-refractivity contribution in [2.75, 3.05) is 13.7 Å². The molecule has 13 heavy (non-hydrogen) atoms. The van der Waals surface area contributed by atoms with Gasteiger partial charge in [0.25, 0.3) is 0 Å². The van der Waals surface area contributed by atoms with E-state index >= 15 is 0 Å². The highest BCUT2D eigenvalue weighted by molar-refractivity contribution is 9.09. The highest BCUT2D eigenvalue weighted by Gasteiger charge is 2.28. The van der Waals surface area contributed by atoms with Gasteiger partial charge in [-0.1, -0.05) is 22.9 Å². The van der Waals surface area contributed by atoms with Crippen LogP contribution in [0, 0.1) is 11.8 Å². The lowest BCUT2D eigenvalue weighted by Gasteiger charge is -2.13. The second-order valence-corrected chi connectivity index (χ2v) is 5.49. The summed E-state index contributed by atoms with van der Waals surface area (Å²) in [5.74, 6) is 1.81. The van der Waals surface area contributed by atoms with Gasteiger partial charge in [-0.05, 0) is 43.9 Å². The number of hydrogen-bond donors (Lipinski definition) is 0. The van der Waals surface area contributed by atoms with Crippen molar-refractivity contribution in [3.05, 3.63) is 0 Å². The molecule has 0 saturated heterocycles. The number of halogens is 1. The van der Waals surface area contributed by atoms with Crippen LogP contribution in [0.1, 0.15) is 39.0 Å². The molecule has 78 valence electrons. The van der Waals surface area contributed by atoms with Crippen LogP contribution >= 0.6 is 15.9 Å². The summed E-state index contributed by atoms with van der Waals surface area (Å²) in [6.45, 7) is 3.24. The van der Waals surface area contributed by atoms with Crippen molar-refractivity contribution in [2.45, 2.75) is 43.9 Å². The van der Waals surface area contributed by atoms with Crippen LogP contribution in [0.5, 0.6) is 0 Å². The number of ether oxygens (including phenoxy) is 1. The van der Waals surface area contributed by atoms with E-state index in [0.29, 0.717) is 0 Å². The molecular formula is C11H21BrO. The van der Waals surface area contributed by atoms with E-state index in [1.807, 2.05) is 0 Å². The molecule has 0 spiro atoms. The first-order valence-electron chi connectivity index (χ1n) is 5.37. The van der Waals surface area contributed by atoms with Gasteiger partial charge in [-0.3, -0.25) is 0 Å². The van der Waals surface area contributed by atoms with E-state index in [2.05, 4.69) is 22.9 Å². The summed E-state index contributed by atoms with van der Waals surface area (Å²) >= 11 is 3.77. The molecule has 2 atom stereocenters. The van der Waals surface area contributed by atoms with Crippen LogP contribution in [0.2, 0.25) is 0 Å². The van der Waals surface area contributed by atoms with Crippen LogP contribution in [0.4, 0.5) is 0 Å². The minimum Gasteiger partial charge on any atom is -0.385 e. The molecule has 1 aliphatic rings. The lowest BCUT2D eigenvalue weighted by molar-refractivity contribution is 0.178. The normalized spacial score (nSPS) is 21.5. The number of rotatable bonds is 7. The number of methoxy groups -OCH3 is 1. The zero-order valence-corrected chi connectivity index (χ0v) is 10.3. The summed E-state index contributed by atoms with van der Waals surface area (Å²) in [7, 11) is 1.78. The topological polar surface area (TPSA) is 9.23 Å². The first-order chi connectivity index (χ1) is 6.24. The quantitative estimate of drug-likeness (QED) is 0.626. The molecule has 0 aromatic heterocycles. The highest BCUT2D eigenvalue weighted by Crippen LogP contribution is 2.39. The summed E-state index contributed by atoms with van der Waals surface area (Å²) in [6, 6.07) is 0. The second kappa shape index (κ2) is 6.02. The van der Waals surface area contributed by atoms with Crippen LogP contribution in [-0.2, 0) is 4.74 Å². The van der Waals surface area contributed by atoms with E-state index in [0.717, 1.165) is 23.3 Å². The van der Waals surface area contributed by atoms with E-state index in [4.69, 9.17) is 4.74 Å². The Kier molecular flexibility index (Phi) is 5.34. The molecule has 0 bridgehead atoms. The predicted molar refractivity (Wildman–Crippen MR) is 60.3 cm³/mol. The first kappa shape index (κ1) is 11.5. The van der Waals surface area contributed by atoms with Gasteiger partial charge in [0.2, 0.25) is 0 Å². The van der Waals surface area contributed by atoms with Gasteiger partial charge in [0.15, 0.2) is 0 Å². The Morgan fingerprint density at radius 2 is 2.00 bits per heavy atom. The molecule has 0 aliphatic heterocycles. The summed E-state index contributed by atoms with van der Waals surface area (Å²) in [4.78, 5) is 0.789. The maximum absolute atomic E-state index is 5.07. The molecule has 1 saturated carbocycles. The third kappa shape index (κ3) is 5.02. The molecule has 2 heteroatoms. The molecule has 2 unspecified atom stereocenters. The zero-order valence-electron chi connectivity index (χ0n) is 8.76. The van der Waals surface area contributed by atoms with Crippen molar-refractivity contribution in [1.82, 2.24) is 0 Å². The van der Waals surface area contributed by atoms with Gasteiger partial charge in [0, 0.05) is 18.5 Å². The minimum atomic E-state index is 0.789. The van der Waals surface area contributed by atoms with E-state index in [1.165, 1.54) is 32.1 Å². The number of hydrogen-bond acceptors (Lipinski definition) is 1. The van der Waals surface area contributed by atoms with Crippen molar-refractivity contribution < 1.29 is 4.74 Å². The monoisotopic (exact) mass is 248 g/mol. The molecule has 0 N–H and O–H groups in total. The lowest BCUT2D eigenvalue weighted by atomic mass is 10.00. The molecule has 0 radical (unpaired) electrons. The smallest absolute Gasteiger partial charge is 0.0464 e. The third-order valence-electron chi connectivity index (χ3n) is 2.88. The predicted octanol–water partition coefficient (Wildman–Crippen LogP) is 3.61. The molecule has 1 fully saturated rings. The van der Waals surface area contributed by atoms with Gasteiger partial charge < -0.3 is 4.74 Å². The van der Waals surface area contributed by atoms with Gasteiger partial charge in [-0.25, -0.2) is 0 Å². The van der Waals surface area contributed by atoms with Crippen molar-refractivity contribution in [3.63, 3.8) is 0 Å². The Labute approximate surface area is 90.4 Å². The fourth-order valence-corrected chi connectivity index (χ4v) is 2.39. The van der Waals surface area contributed by atoms with E-state index in [9.17, 15) is 0 Å². The molecule has 0 aromatic rings. The Balaban J connectivity index is 1.96. The fourth-order valence-electron chi connectivity index (χ4n) is 1.60. The Bertz CT molecular complexity index is 134. The average molecular weight is 249 g/mol. The van der Waals surface area contributed by atoms with Gasteiger partial charge in [-0.2, -0.15) is 0 Å². The van der Waals surface area contributed by atoms with E-state index in [-0.39, 0.29) is 0 Å². The van der Waals surface area contributed by atoms with Crippen LogP contribution in [-0.4, -0.2) is 18.5 Å². The maximum Gasteiger partial charge on any atom is 0.0464 e. The highest BCUT2D eigenvalue weighted by atomic mass is 79.9. The van der Waals surface area contributed by atoms with Crippen molar-refractivity contribution in [2.24, 2.45) is 11.8 Å². The zero-order chi connectivity index (χ0) is 9.68. The Morgan fingerprint density at radius 1 is 1.31 bits per heavy atom. The molecule has 1 aliphatic carbocycles. The standard InChI is InChI=1S/C11H21BrO/c1-9(7-8-13-2)3-6-11(12)10-4-5-10/h9-11H,3-8H2,1-2H3. The largest absolute Gasteiger partial charge is 0.385 e. The van der Waals surface area contributed by atoms with E-state index in [1.54, 1.807) is 7.11 Å². The fraction of sp³-hybridized carbons (Fsp3) is 1.00. The van der Waals surface area contributed by atoms with Gasteiger partial charge in [0.1, 0.15) is 0 Å². The lowest BCUT2D eigenvalue weighted by Crippen LogP contribution is -2.06. The SMILES string of the molecule is COCCC(C)CCC(Br)C1CC1. The third-order valence-corrected chi connectivity index (χ3v) is 4.09. The average Bonchev–Trinajstić information content (AvgIpc) is 2.93. The molecule has 1 rings (SSSR count). The van der Waals surface area contributed by atoms with Crippen molar-refractivity contribution >= 4 is 15.9 Å². The van der Waals surface area contributed by atoms with Crippen molar-refractivity contribution in [1.29, 1.82) is 0 Å². The summed E-state index contributed by atoms with van der Waals surface area (Å²) in [5, 5.41) is 0.